The van der Waals surface area contributed by atoms with Crippen LogP contribution in [0.15, 0.2) is 30.3 Å². The third kappa shape index (κ3) is 5.02. The predicted octanol–water partition coefficient (Wildman–Crippen LogP) is 4.56. The molecule has 0 N–H and O–H groups in total. The van der Waals surface area contributed by atoms with Crippen LogP contribution in [0.4, 0.5) is 0 Å². The summed E-state index contributed by atoms with van der Waals surface area (Å²) in [7, 11) is 0. The minimum Gasteiger partial charge on any atom is -0.490 e. The highest BCUT2D eigenvalue weighted by atomic mass is 35.5. The van der Waals surface area contributed by atoms with E-state index in [1.165, 1.54) is 12.1 Å². The maximum Gasteiger partial charge on any atom is 0.349 e. The second-order valence-electron chi connectivity index (χ2n) is 5.00. The van der Waals surface area contributed by atoms with E-state index in [1.807, 2.05) is 13.0 Å². The fourth-order valence-corrected chi connectivity index (χ4v) is 2.35. The Hall–Kier alpha value is -2.42. The van der Waals surface area contributed by atoms with Crippen molar-refractivity contribution in [1.82, 2.24) is 0 Å². The molecule has 0 amide bonds. The highest BCUT2D eigenvalue weighted by Gasteiger charge is 2.17. The molecule has 0 aliphatic rings. The molecule has 0 saturated carbocycles. The van der Waals surface area contributed by atoms with E-state index in [0.29, 0.717) is 22.9 Å². The van der Waals surface area contributed by atoms with Crippen LogP contribution in [0.1, 0.15) is 18.1 Å². The summed E-state index contributed by atoms with van der Waals surface area (Å²) >= 11 is 12.0. The Balaban J connectivity index is 2.09. The maximum absolute atomic E-state index is 12.0. The van der Waals surface area contributed by atoms with Gasteiger partial charge in [-0.1, -0.05) is 23.2 Å². The quantitative estimate of drug-likeness (QED) is 0.543. The smallest absolute Gasteiger partial charge is 0.349 e. The van der Waals surface area contributed by atoms with Crippen molar-refractivity contribution in [3.8, 4) is 23.3 Å². The number of carbonyl (C=O) groups is 1. The van der Waals surface area contributed by atoms with Crippen molar-refractivity contribution < 1.29 is 19.0 Å². The fraction of sp³-hybridized carbons (Fsp3) is 0.222. The van der Waals surface area contributed by atoms with E-state index in [1.54, 1.807) is 25.1 Å². The molecular formula is C18H15Cl2NO4. The third-order valence-corrected chi connectivity index (χ3v) is 3.85. The minimum atomic E-state index is -0.653. The summed E-state index contributed by atoms with van der Waals surface area (Å²) in [4.78, 5) is 12.0. The van der Waals surface area contributed by atoms with E-state index in [2.05, 4.69) is 0 Å². The van der Waals surface area contributed by atoms with Gasteiger partial charge in [0.1, 0.15) is 5.75 Å². The molecule has 0 aliphatic carbocycles. The highest BCUT2D eigenvalue weighted by Crippen LogP contribution is 2.36. The van der Waals surface area contributed by atoms with Crippen LogP contribution >= 0.6 is 23.2 Å². The predicted molar refractivity (Wildman–Crippen MR) is 94.7 cm³/mol. The molecule has 0 heterocycles. The number of carbonyl (C=O) groups excluding carboxylic acids is 1. The molecule has 0 fully saturated rings. The number of esters is 1. The molecule has 130 valence electrons. The topological polar surface area (TPSA) is 68.5 Å². The van der Waals surface area contributed by atoms with Gasteiger partial charge in [0.15, 0.2) is 18.1 Å². The van der Waals surface area contributed by atoms with Crippen molar-refractivity contribution in [2.75, 3.05) is 13.2 Å². The molecule has 2 rings (SSSR count). The van der Waals surface area contributed by atoms with E-state index in [9.17, 15) is 4.79 Å². The van der Waals surface area contributed by atoms with Crippen LogP contribution in [0.3, 0.4) is 0 Å². The third-order valence-electron chi connectivity index (χ3n) is 3.14. The Morgan fingerprint density at radius 2 is 1.92 bits per heavy atom. The van der Waals surface area contributed by atoms with Gasteiger partial charge in [-0.25, -0.2) is 4.79 Å². The Morgan fingerprint density at radius 1 is 1.16 bits per heavy atom. The van der Waals surface area contributed by atoms with Gasteiger partial charge in [0.25, 0.3) is 0 Å². The SMILES string of the molecule is CCOc1cc(C#N)cc(Cl)c1OC(=O)COc1ccc(Cl)c(C)c1. The van der Waals surface area contributed by atoms with Crippen molar-refractivity contribution in [3.63, 3.8) is 0 Å². The summed E-state index contributed by atoms with van der Waals surface area (Å²) in [5, 5.41) is 9.70. The standard InChI is InChI=1S/C18H15Cl2NO4/c1-3-23-16-8-12(9-21)7-15(20)18(16)25-17(22)10-24-13-4-5-14(19)11(2)6-13/h4-8H,3,10H2,1-2H3. The number of hydrogen-bond acceptors (Lipinski definition) is 5. The molecule has 25 heavy (non-hydrogen) atoms. The van der Waals surface area contributed by atoms with Gasteiger partial charge in [0.2, 0.25) is 0 Å². The molecule has 0 spiro atoms. The van der Waals surface area contributed by atoms with Crippen molar-refractivity contribution >= 4 is 29.2 Å². The molecule has 0 atom stereocenters. The number of aryl methyl sites for hydroxylation is 1. The Labute approximate surface area is 155 Å². The van der Waals surface area contributed by atoms with Crippen LogP contribution in [0.5, 0.6) is 17.2 Å². The molecule has 0 radical (unpaired) electrons. The van der Waals surface area contributed by atoms with Crippen molar-refractivity contribution in [3.05, 3.63) is 51.5 Å². The number of nitriles is 1. The van der Waals surface area contributed by atoms with Crippen LogP contribution in [-0.4, -0.2) is 19.2 Å². The number of halogens is 2. The summed E-state index contributed by atoms with van der Waals surface area (Å²) < 4.78 is 16.0. The first-order chi connectivity index (χ1) is 11.9. The zero-order valence-electron chi connectivity index (χ0n) is 13.6. The summed E-state index contributed by atoms with van der Waals surface area (Å²) in [5.41, 5.74) is 1.14. The van der Waals surface area contributed by atoms with E-state index >= 15 is 0 Å². The summed E-state index contributed by atoms with van der Waals surface area (Å²) in [6.45, 7) is 3.61. The van der Waals surface area contributed by atoms with Gasteiger partial charge in [0, 0.05) is 11.1 Å². The summed E-state index contributed by atoms with van der Waals surface area (Å²) in [6.07, 6.45) is 0. The first-order valence-corrected chi connectivity index (χ1v) is 8.16. The number of benzene rings is 2. The fourth-order valence-electron chi connectivity index (χ4n) is 1.99. The minimum absolute atomic E-state index is 0.0587. The van der Waals surface area contributed by atoms with Crippen molar-refractivity contribution in [2.24, 2.45) is 0 Å². The Morgan fingerprint density at radius 3 is 2.56 bits per heavy atom. The van der Waals surface area contributed by atoms with Gasteiger partial charge in [-0.15, -0.1) is 0 Å². The number of rotatable bonds is 6. The molecule has 7 heteroatoms. The van der Waals surface area contributed by atoms with Gasteiger partial charge in [-0.3, -0.25) is 0 Å². The molecular weight excluding hydrogens is 365 g/mol. The normalized spacial score (nSPS) is 10.0. The largest absolute Gasteiger partial charge is 0.490 e. The van der Waals surface area contributed by atoms with E-state index in [0.717, 1.165) is 5.56 Å². The number of nitrogens with zero attached hydrogens (tertiary/aromatic N) is 1. The van der Waals surface area contributed by atoms with Gasteiger partial charge >= 0.3 is 5.97 Å². The van der Waals surface area contributed by atoms with Gasteiger partial charge in [-0.05, 0) is 43.7 Å². The maximum atomic E-state index is 12.0. The van der Waals surface area contributed by atoms with E-state index in [4.69, 9.17) is 42.7 Å². The second-order valence-corrected chi connectivity index (χ2v) is 5.82. The number of ether oxygens (including phenoxy) is 3. The second kappa shape index (κ2) is 8.61. The molecule has 0 aliphatic heterocycles. The molecule has 2 aromatic rings. The van der Waals surface area contributed by atoms with E-state index < -0.39 is 5.97 Å². The lowest BCUT2D eigenvalue weighted by molar-refractivity contribution is -0.136. The summed E-state index contributed by atoms with van der Waals surface area (Å²) in [6, 6.07) is 9.88. The van der Waals surface area contributed by atoms with Crippen molar-refractivity contribution in [2.45, 2.75) is 13.8 Å². The Kier molecular flexibility index (Phi) is 6.51. The molecule has 2 aromatic carbocycles. The zero-order chi connectivity index (χ0) is 18.4. The Bertz CT molecular complexity index is 831. The molecule has 5 nitrogen and oxygen atoms in total. The molecule has 0 saturated heterocycles. The monoisotopic (exact) mass is 379 g/mol. The van der Waals surface area contributed by atoms with Crippen LogP contribution in [-0.2, 0) is 4.79 Å². The van der Waals surface area contributed by atoms with Gasteiger partial charge < -0.3 is 14.2 Å². The first-order valence-electron chi connectivity index (χ1n) is 7.40. The lowest BCUT2D eigenvalue weighted by Gasteiger charge is -2.13. The molecule has 0 bridgehead atoms. The number of hydrogen-bond donors (Lipinski definition) is 0. The zero-order valence-corrected chi connectivity index (χ0v) is 15.1. The molecule has 0 unspecified atom stereocenters. The van der Waals surface area contributed by atoms with Crippen LogP contribution in [0.2, 0.25) is 10.0 Å². The molecule has 0 aromatic heterocycles. The summed E-state index contributed by atoms with van der Waals surface area (Å²) in [5.74, 6) is 0.126. The van der Waals surface area contributed by atoms with Crippen LogP contribution in [0.25, 0.3) is 0 Å². The van der Waals surface area contributed by atoms with Crippen LogP contribution in [0, 0.1) is 18.3 Å². The van der Waals surface area contributed by atoms with Crippen molar-refractivity contribution in [1.29, 1.82) is 5.26 Å². The van der Waals surface area contributed by atoms with Gasteiger partial charge in [0.05, 0.1) is 23.3 Å². The lowest BCUT2D eigenvalue weighted by Crippen LogP contribution is -2.18. The van der Waals surface area contributed by atoms with Gasteiger partial charge in [-0.2, -0.15) is 5.26 Å². The highest BCUT2D eigenvalue weighted by molar-refractivity contribution is 6.32. The lowest BCUT2D eigenvalue weighted by atomic mass is 10.2. The first kappa shape index (κ1) is 18.9. The average Bonchev–Trinajstić information content (AvgIpc) is 2.59. The van der Waals surface area contributed by atoms with Crippen LogP contribution < -0.4 is 14.2 Å². The average molecular weight is 380 g/mol. The van der Waals surface area contributed by atoms with E-state index in [-0.39, 0.29) is 23.1 Å².